The molecule has 9 heavy (non-hydrogen) atoms. The van der Waals surface area contributed by atoms with Gasteiger partial charge in [-0.3, -0.25) is 0 Å². The van der Waals surface area contributed by atoms with Crippen LogP contribution in [0.15, 0.2) is 11.6 Å². The Morgan fingerprint density at radius 3 is 2.33 bits per heavy atom. The van der Waals surface area contributed by atoms with E-state index in [0.29, 0.717) is 5.41 Å². The van der Waals surface area contributed by atoms with E-state index in [0.717, 1.165) is 5.92 Å². The van der Waals surface area contributed by atoms with E-state index in [4.69, 9.17) is 0 Å². The summed E-state index contributed by atoms with van der Waals surface area (Å²) in [5.74, 6) is 0.854. The zero-order chi connectivity index (χ0) is 7.07. The first kappa shape index (κ1) is 6.85. The van der Waals surface area contributed by atoms with Gasteiger partial charge in [0.15, 0.2) is 0 Å². The van der Waals surface area contributed by atoms with E-state index in [1.165, 1.54) is 6.42 Å². The third-order valence-corrected chi connectivity index (χ3v) is 3.04. The van der Waals surface area contributed by atoms with Crippen LogP contribution in [0.2, 0.25) is 0 Å². The molecule has 0 N–H and O–H groups in total. The second-order valence-electron chi connectivity index (χ2n) is 3.24. The standard InChI is InChI=1S/C9H16/c1-5-8-7(3)9(8,4)6-2/h5,7H,6H2,1-4H3. The lowest BCUT2D eigenvalue weighted by Gasteiger charge is -2.00. The monoisotopic (exact) mass is 124 g/mol. The Labute approximate surface area is 58.0 Å². The maximum Gasteiger partial charge on any atom is -0.00532 e. The highest BCUT2D eigenvalue weighted by molar-refractivity contribution is 5.34. The molecule has 0 aromatic heterocycles. The van der Waals surface area contributed by atoms with Crippen molar-refractivity contribution in [3.63, 3.8) is 0 Å². The molecule has 0 aromatic rings. The summed E-state index contributed by atoms with van der Waals surface area (Å²) in [6.07, 6.45) is 3.57. The molecule has 1 aliphatic carbocycles. The van der Waals surface area contributed by atoms with Gasteiger partial charge in [-0.15, -0.1) is 0 Å². The van der Waals surface area contributed by atoms with Crippen molar-refractivity contribution in [1.82, 2.24) is 0 Å². The van der Waals surface area contributed by atoms with E-state index < -0.39 is 0 Å². The highest BCUT2D eigenvalue weighted by atomic mass is 14.5. The van der Waals surface area contributed by atoms with Gasteiger partial charge in [-0.2, -0.15) is 0 Å². The van der Waals surface area contributed by atoms with Gasteiger partial charge in [0.2, 0.25) is 0 Å². The zero-order valence-electron chi connectivity index (χ0n) is 6.86. The summed E-state index contributed by atoms with van der Waals surface area (Å²) in [6.45, 7) is 9.09. The summed E-state index contributed by atoms with van der Waals surface area (Å²) in [5, 5.41) is 0. The quantitative estimate of drug-likeness (QED) is 0.471. The largest absolute Gasteiger partial charge is 0.0876 e. The van der Waals surface area contributed by atoms with Gasteiger partial charge >= 0.3 is 0 Å². The van der Waals surface area contributed by atoms with Gasteiger partial charge < -0.3 is 0 Å². The van der Waals surface area contributed by atoms with Gasteiger partial charge in [0.05, 0.1) is 0 Å². The predicted octanol–water partition coefficient (Wildman–Crippen LogP) is 3.00. The van der Waals surface area contributed by atoms with Crippen LogP contribution in [0.5, 0.6) is 0 Å². The molecule has 1 fully saturated rings. The molecule has 0 aromatic carbocycles. The minimum atomic E-state index is 0.578. The third-order valence-electron chi connectivity index (χ3n) is 3.04. The van der Waals surface area contributed by atoms with Crippen molar-refractivity contribution >= 4 is 0 Å². The molecule has 0 saturated heterocycles. The summed E-state index contributed by atoms with van der Waals surface area (Å²) in [4.78, 5) is 0. The Kier molecular flexibility index (Phi) is 1.42. The lowest BCUT2D eigenvalue weighted by molar-refractivity contribution is 0.513. The second kappa shape index (κ2) is 1.86. The van der Waals surface area contributed by atoms with Crippen LogP contribution in [0.1, 0.15) is 34.1 Å². The molecule has 52 valence electrons. The summed E-state index contributed by atoms with van der Waals surface area (Å²) in [7, 11) is 0. The third kappa shape index (κ3) is 0.726. The molecular weight excluding hydrogens is 108 g/mol. The fourth-order valence-electron chi connectivity index (χ4n) is 1.81. The Morgan fingerprint density at radius 2 is 2.22 bits per heavy atom. The van der Waals surface area contributed by atoms with Crippen molar-refractivity contribution in [3.05, 3.63) is 11.6 Å². The van der Waals surface area contributed by atoms with Crippen LogP contribution < -0.4 is 0 Å². The first-order valence-electron chi connectivity index (χ1n) is 3.83. The number of hydrogen-bond donors (Lipinski definition) is 0. The van der Waals surface area contributed by atoms with Gasteiger partial charge in [-0.05, 0) is 24.7 Å². The van der Waals surface area contributed by atoms with E-state index in [1.807, 2.05) is 0 Å². The molecule has 0 heteroatoms. The zero-order valence-corrected chi connectivity index (χ0v) is 6.86. The summed E-state index contributed by atoms with van der Waals surface area (Å²) >= 11 is 0. The number of rotatable bonds is 1. The Balaban J connectivity index is 2.70. The van der Waals surface area contributed by atoms with Crippen molar-refractivity contribution in [2.24, 2.45) is 11.3 Å². The van der Waals surface area contributed by atoms with Gasteiger partial charge in [-0.1, -0.05) is 32.4 Å². The molecule has 0 spiro atoms. The smallest absolute Gasteiger partial charge is 0.00532 e. The average Bonchev–Trinajstić information content (AvgIpc) is 2.38. The molecule has 0 heterocycles. The highest BCUT2D eigenvalue weighted by Gasteiger charge is 2.50. The van der Waals surface area contributed by atoms with Gasteiger partial charge in [0, 0.05) is 0 Å². The minimum absolute atomic E-state index is 0.578. The fraction of sp³-hybridized carbons (Fsp3) is 0.778. The van der Waals surface area contributed by atoms with Crippen LogP contribution >= 0.6 is 0 Å². The van der Waals surface area contributed by atoms with Crippen molar-refractivity contribution in [1.29, 1.82) is 0 Å². The molecule has 2 unspecified atom stereocenters. The van der Waals surface area contributed by atoms with Gasteiger partial charge in [0.1, 0.15) is 0 Å². The van der Waals surface area contributed by atoms with Gasteiger partial charge in [-0.25, -0.2) is 0 Å². The normalized spacial score (nSPS) is 45.8. The van der Waals surface area contributed by atoms with Crippen LogP contribution in [0.25, 0.3) is 0 Å². The first-order valence-corrected chi connectivity index (χ1v) is 3.83. The topological polar surface area (TPSA) is 0 Å². The lowest BCUT2D eigenvalue weighted by Crippen LogP contribution is -1.91. The van der Waals surface area contributed by atoms with E-state index in [9.17, 15) is 0 Å². The van der Waals surface area contributed by atoms with Crippen LogP contribution in [-0.4, -0.2) is 0 Å². The van der Waals surface area contributed by atoms with Crippen LogP contribution in [0, 0.1) is 11.3 Å². The minimum Gasteiger partial charge on any atom is -0.0876 e. The van der Waals surface area contributed by atoms with Crippen molar-refractivity contribution in [2.45, 2.75) is 34.1 Å². The number of allylic oxidation sites excluding steroid dienone is 2. The van der Waals surface area contributed by atoms with E-state index in [1.54, 1.807) is 5.57 Å². The molecule has 1 saturated carbocycles. The lowest BCUT2D eigenvalue weighted by atomic mass is 10.0. The summed E-state index contributed by atoms with van der Waals surface area (Å²) < 4.78 is 0. The highest BCUT2D eigenvalue weighted by Crippen LogP contribution is 2.59. The molecule has 0 nitrogen and oxygen atoms in total. The van der Waals surface area contributed by atoms with E-state index >= 15 is 0 Å². The fourth-order valence-corrected chi connectivity index (χ4v) is 1.81. The first-order chi connectivity index (χ1) is 4.16. The molecular formula is C9H16. The Hall–Kier alpha value is -0.260. The van der Waals surface area contributed by atoms with Crippen LogP contribution in [0.3, 0.4) is 0 Å². The second-order valence-corrected chi connectivity index (χ2v) is 3.24. The van der Waals surface area contributed by atoms with Crippen LogP contribution in [-0.2, 0) is 0 Å². The maximum atomic E-state index is 2.35. The molecule has 0 amide bonds. The molecule has 0 radical (unpaired) electrons. The molecule has 1 rings (SSSR count). The van der Waals surface area contributed by atoms with Crippen LogP contribution in [0.4, 0.5) is 0 Å². The summed E-state index contributed by atoms with van der Waals surface area (Å²) in [6, 6.07) is 0. The molecule has 2 atom stereocenters. The average molecular weight is 124 g/mol. The Morgan fingerprint density at radius 1 is 1.67 bits per heavy atom. The van der Waals surface area contributed by atoms with Crippen molar-refractivity contribution < 1.29 is 0 Å². The maximum absolute atomic E-state index is 2.35. The molecule has 0 bridgehead atoms. The van der Waals surface area contributed by atoms with E-state index in [2.05, 4.69) is 33.8 Å². The van der Waals surface area contributed by atoms with E-state index in [-0.39, 0.29) is 0 Å². The molecule has 0 aliphatic heterocycles. The predicted molar refractivity (Wildman–Crippen MR) is 41.3 cm³/mol. The number of hydrogen-bond acceptors (Lipinski definition) is 0. The molecule has 1 aliphatic rings. The SMILES string of the molecule is CC=C1C(C)C1(C)CC. The van der Waals surface area contributed by atoms with Crippen molar-refractivity contribution in [2.75, 3.05) is 0 Å². The van der Waals surface area contributed by atoms with Gasteiger partial charge in [0.25, 0.3) is 0 Å². The Bertz CT molecular complexity index is 144. The van der Waals surface area contributed by atoms with Crippen molar-refractivity contribution in [3.8, 4) is 0 Å². The summed E-state index contributed by atoms with van der Waals surface area (Å²) in [5.41, 5.74) is 2.24.